The van der Waals surface area contributed by atoms with E-state index in [9.17, 15) is 0 Å². The van der Waals surface area contributed by atoms with Crippen molar-refractivity contribution in [2.75, 3.05) is 0 Å². The molecule has 0 aromatic carbocycles. The number of allylic oxidation sites excluding steroid dienone is 1. The van der Waals surface area contributed by atoms with E-state index in [-0.39, 0.29) is 0 Å². The maximum Gasteiger partial charge on any atom is 0.0107 e. The van der Waals surface area contributed by atoms with Gasteiger partial charge < -0.3 is 4.57 Å². The quantitative estimate of drug-likeness (QED) is 0.558. The largest absolute Gasteiger partial charge is 0.356 e. The summed E-state index contributed by atoms with van der Waals surface area (Å²) in [6.45, 7) is 4.15. The molecule has 0 bridgehead atoms. The third-order valence-electron chi connectivity index (χ3n) is 1.54. The summed E-state index contributed by atoms with van der Waals surface area (Å²) < 4.78 is 2.07. The zero-order valence-electron chi connectivity index (χ0n) is 7.91. The monoisotopic (exact) mass is 161 g/mol. The highest BCUT2D eigenvalue weighted by Crippen LogP contribution is 2.09. The van der Waals surface area contributed by atoms with Crippen molar-refractivity contribution >= 4 is 6.08 Å². The summed E-state index contributed by atoms with van der Waals surface area (Å²) in [5, 5.41) is 0. The van der Waals surface area contributed by atoms with E-state index in [0.29, 0.717) is 0 Å². The Bertz CT molecular complexity index is 276. The Morgan fingerprint density at radius 1 is 1.33 bits per heavy atom. The average Bonchev–Trinajstić information content (AvgIpc) is 2.35. The fraction of sp³-hybridized carbons (Fsp3) is 0.273. The number of aromatic nitrogens is 1. The lowest BCUT2D eigenvalue weighted by molar-refractivity contribution is 0.924. The molecule has 1 nitrogen and oxygen atoms in total. The predicted molar refractivity (Wildman–Crippen MR) is 54.7 cm³/mol. The van der Waals surface area contributed by atoms with Gasteiger partial charge in [-0.3, -0.25) is 0 Å². The molecule has 0 radical (unpaired) electrons. The Labute approximate surface area is 74.7 Å². The highest BCUT2D eigenvalue weighted by atomic mass is 14.9. The molecule has 64 valence electrons. The van der Waals surface area contributed by atoms with Crippen LogP contribution in [0.1, 0.15) is 18.1 Å². The molecule has 0 amide bonds. The number of nitrogens with zero attached hydrogens (tertiary/aromatic N) is 1. The first-order valence-electron chi connectivity index (χ1n) is 3.82. The van der Waals surface area contributed by atoms with Gasteiger partial charge in [0, 0.05) is 19.4 Å². The molecule has 0 saturated heterocycles. The molecule has 0 saturated carbocycles. The molecule has 0 spiro atoms. The number of hydrogen-bond donors (Lipinski definition) is 0. The molecule has 1 aromatic heterocycles. The first-order valence-corrected chi connectivity index (χ1v) is 3.82. The minimum absolute atomic E-state index is 1.31. The Morgan fingerprint density at radius 2 is 1.92 bits per heavy atom. The van der Waals surface area contributed by atoms with Gasteiger partial charge in [0.1, 0.15) is 0 Å². The van der Waals surface area contributed by atoms with E-state index in [1.54, 1.807) is 0 Å². The molecule has 0 atom stereocenters. The van der Waals surface area contributed by atoms with Crippen molar-refractivity contribution in [1.82, 2.24) is 4.57 Å². The summed E-state index contributed by atoms with van der Waals surface area (Å²) in [6, 6.07) is 0. The van der Waals surface area contributed by atoms with Crippen LogP contribution < -0.4 is 0 Å². The van der Waals surface area contributed by atoms with E-state index in [1.807, 2.05) is 14.0 Å². The van der Waals surface area contributed by atoms with Crippen LogP contribution in [0.3, 0.4) is 0 Å². The molecule has 1 heterocycles. The van der Waals surface area contributed by atoms with Crippen molar-refractivity contribution in [2.45, 2.75) is 13.8 Å². The molecule has 0 fully saturated rings. The van der Waals surface area contributed by atoms with Gasteiger partial charge in [-0.05, 0) is 25.0 Å². The Morgan fingerprint density at radius 3 is 2.25 bits per heavy atom. The number of terminal acetylenes is 1. The predicted octanol–water partition coefficient (Wildman–Crippen LogP) is 2.62. The van der Waals surface area contributed by atoms with Crippen LogP contribution in [0.2, 0.25) is 0 Å². The number of aryl methyl sites for hydroxylation is 2. The molecule has 1 heteroatoms. The average molecular weight is 161 g/mol. The lowest BCUT2D eigenvalue weighted by atomic mass is 10.2. The van der Waals surface area contributed by atoms with Crippen molar-refractivity contribution in [2.24, 2.45) is 7.05 Å². The van der Waals surface area contributed by atoms with Crippen molar-refractivity contribution in [1.29, 1.82) is 0 Å². The van der Waals surface area contributed by atoms with E-state index < -0.39 is 0 Å². The number of hydrogen-bond acceptors (Lipinski definition) is 0. The molecule has 0 unspecified atom stereocenters. The van der Waals surface area contributed by atoms with Crippen LogP contribution in [0.15, 0.2) is 18.5 Å². The molecular formula is C11H15N. The van der Waals surface area contributed by atoms with Crippen molar-refractivity contribution in [3.05, 3.63) is 29.6 Å². The second kappa shape index (κ2) is 5.26. The summed E-state index contributed by atoms with van der Waals surface area (Å²) in [6.07, 6.45) is 16.4. The smallest absolute Gasteiger partial charge is 0.0107 e. The topological polar surface area (TPSA) is 4.93 Å². The molecule has 0 aliphatic rings. The van der Waals surface area contributed by atoms with Crippen LogP contribution in [0.5, 0.6) is 0 Å². The van der Waals surface area contributed by atoms with E-state index in [2.05, 4.69) is 48.9 Å². The van der Waals surface area contributed by atoms with E-state index in [1.165, 1.54) is 11.1 Å². The van der Waals surface area contributed by atoms with Crippen LogP contribution in [0.4, 0.5) is 0 Å². The SMILES string of the molecule is C#C.C/C=C\c1cn(C)cc1C. The second-order valence-corrected chi connectivity index (χ2v) is 2.56. The number of rotatable bonds is 1. The van der Waals surface area contributed by atoms with Gasteiger partial charge in [-0.15, -0.1) is 12.8 Å². The maximum absolute atomic E-state index is 4.00. The Hall–Kier alpha value is -1.42. The van der Waals surface area contributed by atoms with E-state index in [0.717, 1.165) is 0 Å². The fourth-order valence-corrected chi connectivity index (χ4v) is 1.09. The minimum atomic E-state index is 1.31. The highest BCUT2D eigenvalue weighted by Gasteiger charge is 1.94. The third-order valence-corrected chi connectivity index (χ3v) is 1.54. The zero-order valence-corrected chi connectivity index (χ0v) is 7.91. The van der Waals surface area contributed by atoms with Crippen LogP contribution in [-0.2, 0) is 7.05 Å². The van der Waals surface area contributed by atoms with Gasteiger partial charge >= 0.3 is 0 Å². The molecule has 0 aliphatic carbocycles. The summed E-state index contributed by atoms with van der Waals surface area (Å²) in [7, 11) is 2.04. The molecule has 1 aromatic rings. The van der Waals surface area contributed by atoms with Crippen molar-refractivity contribution < 1.29 is 0 Å². The van der Waals surface area contributed by atoms with Crippen LogP contribution in [0, 0.1) is 19.8 Å². The summed E-state index contributed by atoms with van der Waals surface area (Å²) >= 11 is 0. The Balaban J connectivity index is 0.000000561. The fourth-order valence-electron chi connectivity index (χ4n) is 1.09. The standard InChI is InChI=1S/C9H13N.C2H2/c1-4-5-9-7-10(3)6-8(9)2;1-2/h4-7H,1-3H3;1-2H/b5-4-;. The van der Waals surface area contributed by atoms with Crippen molar-refractivity contribution in [3.8, 4) is 12.8 Å². The van der Waals surface area contributed by atoms with E-state index >= 15 is 0 Å². The minimum Gasteiger partial charge on any atom is -0.356 e. The first kappa shape index (κ1) is 10.6. The molecular weight excluding hydrogens is 146 g/mol. The maximum atomic E-state index is 4.00. The van der Waals surface area contributed by atoms with E-state index in [4.69, 9.17) is 0 Å². The summed E-state index contributed by atoms with van der Waals surface area (Å²) in [5.41, 5.74) is 2.64. The first-order chi connectivity index (χ1) is 5.74. The van der Waals surface area contributed by atoms with Gasteiger partial charge in [0.05, 0.1) is 0 Å². The van der Waals surface area contributed by atoms with Crippen LogP contribution in [0.25, 0.3) is 6.08 Å². The summed E-state index contributed by atoms with van der Waals surface area (Å²) in [5.74, 6) is 0. The van der Waals surface area contributed by atoms with Crippen LogP contribution >= 0.6 is 0 Å². The normalized spacial score (nSPS) is 9.42. The molecule has 12 heavy (non-hydrogen) atoms. The van der Waals surface area contributed by atoms with Gasteiger partial charge in [0.2, 0.25) is 0 Å². The molecule has 0 N–H and O–H groups in total. The van der Waals surface area contributed by atoms with Crippen LogP contribution in [-0.4, -0.2) is 4.57 Å². The molecule has 0 aliphatic heterocycles. The molecule has 1 rings (SSSR count). The lowest BCUT2D eigenvalue weighted by Gasteiger charge is -1.84. The lowest BCUT2D eigenvalue weighted by Crippen LogP contribution is -1.77. The Kier molecular flexibility index (Phi) is 4.64. The van der Waals surface area contributed by atoms with Gasteiger partial charge in [0.25, 0.3) is 0 Å². The zero-order chi connectivity index (χ0) is 9.56. The third kappa shape index (κ3) is 2.67. The van der Waals surface area contributed by atoms with Gasteiger partial charge in [-0.25, -0.2) is 0 Å². The second-order valence-electron chi connectivity index (χ2n) is 2.56. The summed E-state index contributed by atoms with van der Waals surface area (Å²) in [4.78, 5) is 0. The van der Waals surface area contributed by atoms with Gasteiger partial charge in [-0.1, -0.05) is 12.2 Å². The van der Waals surface area contributed by atoms with Gasteiger partial charge in [-0.2, -0.15) is 0 Å². The van der Waals surface area contributed by atoms with Crippen molar-refractivity contribution in [3.63, 3.8) is 0 Å². The van der Waals surface area contributed by atoms with Gasteiger partial charge in [0.15, 0.2) is 0 Å². The highest BCUT2D eigenvalue weighted by molar-refractivity contribution is 5.52.